The molecule has 0 heterocycles. The van der Waals surface area contributed by atoms with Gasteiger partial charge in [0.2, 0.25) is 0 Å². The van der Waals surface area contributed by atoms with Crippen molar-refractivity contribution in [1.29, 1.82) is 0 Å². The third-order valence-corrected chi connectivity index (χ3v) is 2.37. The lowest BCUT2D eigenvalue weighted by molar-refractivity contribution is 0.0938. The summed E-state index contributed by atoms with van der Waals surface area (Å²) in [5.41, 5.74) is 1.74. The zero-order valence-corrected chi connectivity index (χ0v) is 10.1. The third-order valence-electron chi connectivity index (χ3n) is 2.37. The number of ketones is 1. The van der Waals surface area contributed by atoms with Crippen molar-refractivity contribution in [3.8, 4) is 5.75 Å². The topological polar surface area (TPSA) is 26.3 Å². The Morgan fingerprint density at radius 2 is 2.19 bits per heavy atom. The van der Waals surface area contributed by atoms with Crippen LogP contribution in [0.15, 0.2) is 30.9 Å². The SMILES string of the molecule is C=CCOc1ccc(C)c(C(=O)C(C)C)c1. The first-order valence-electron chi connectivity index (χ1n) is 5.44. The molecule has 0 fully saturated rings. The zero-order valence-electron chi connectivity index (χ0n) is 10.1. The molecular weight excluding hydrogens is 200 g/mol. The molecule has 1 aromatic rings. The van der Waals surface area contributed by atoms with Crippen molar-refractivity contribution in [2.75, 3.05) is 6.61 Å². The maximum Gasteiger partial charge on any atom is 0.165 e. The van der Waals surface area contributed by atoms with Gasteiger partial charge in [0, 0.05) is 11.5 Å². The van der Waals surface area contributed by atoms with E-state index in [0.29, 0.717) is 6.61 Å². The van der Waals surface area contributed by atoms with E-state index in [1.165, 1.54) is 0 Å². The molecule has 86 valence electrons. The Balaban J connectivity index is 2.98. The Hall–Kier alpha value is -1.57. The summed E-state index contributed by atoms with van der Waals surface area (Å²) < 4.78 is 5.41. The number of carbonyl (C=O) groups is 1. The van der Waals surface area contributed by atoms with Crippen molar-refractivity contribution in [3.05, 3.63) is 42.0 Å². The van der Waals surface area contributed by atoms with Crippen LogP contribution < -0.4 is 4.74 Å². The van der Waals surface area contributed by atoms with E-state index in [0.717, 1.165) is 16.9 Å². The standard InChI is InChI=1S/C14H18O2/c1-5-8-16-12-7-6-11(4)13(9-12)14(15)10(2)3/h5-7,9-10H,1,8H2,2-4H3. The van der Waals surface area contributed by atoms with Gasteiger partial charge >= 0.3 is 0 Å². The van der Waals surface area contributed by atoms with Crippen LogP contribution in [0, 0.1) is 12.8 Å². The number of Topliss-reactive ketones (excluding diaryl/α,β-unsaturated/α-hetero) is 1. The minimum Gasteiger partial charge on any atom is -0.490 e. The average Bonchev–Trinajstić information content (AvgIpc) is 2.27. The molecule has 2 nitrogen and oxygen atoms in total. The van der Waals surface area contributed by atoms with Gasteiger partial charge < -0.3 is 4.74 Å². The van der Waals surface area contributed by atoms with E-state index in [1.807, 2.05) is 32.9 Å². The predicted molar refractivity (Wildman–Crippen MR) is 66.0 cm³/mol. The number of hydrogen-bond donors (Lipinski definition) is 0. The molecule has 2 heteroatoms. The van der Waals surface area contributed by atoms with E-state index >= 15 is 0 Å². The van der Waals surface area contributed by atoms with Gasteiger partial charge in [0.15, 0.2) is 5.78 Å². The Labute approximate surface area is 96.9 Å². The Bertz CT molecular complexity index is 392. The van der Waals surface area contributed by atoms with Crippen molar-refractivity contribution in [3.63, 3.8) is 0 Å². The second-order valence-corrected chi connectivity index (χ2v) is 4.10. The summed E-state index contributed by atoms with van der Waals surface area (Å²) in [5.74, 6) is 0.879. The maximum atomic E-state index is 11.9. The smallest absolute Gasteiger partial charge is 0.165 e. The number of rotatable bonds is 5. The molecule has 0 amide bonds. The summed E-state index contributed by atoms with van der Waals surface area (Å²) in [5, 5.41) is 0. The normalized spacial score (nSPS) is 10.2. The number of ether oxygens (including phenoxy) is 1. The van der Waals surface area contributed by atoms with Gasteiger partial charge in [-0.1, -0.05) is 32.6 Å². The number of aryl methyl sites for hydroxylation is 1. The van der Waals surface area contributed by atoms with Crippen LogP contribution in [0.2, 0.25) is 0 Å². The lowest BCUT2D eigenvalue weighted by atomic mass is 9.97. The first kappa shape index (κ1) is 12.5. The van der Waals surface area contributed by atoms with Crippen LogP contribution in [0.1, 0.15) is 29.8 Å². The van der Waals surface area contributed by atoms with Crippen LogP contribution in [0.3, 0.4) is 0 Å². The fourth-order valence-electron chi connectivity index (χ4n) is 1.42. The van der Waals surface area contributed by atoms with Crippen LogP contribution in [0.25, 0.3) is 0 Å². The Morgan fingerprint density at radius 1 is 1.50 bits per heavy atom. The second-order valence-electron chi connectivity index (χ2n) is 4.10. The van der Waals surface area contributed by atoms with E-state index in [4.69, 9.17) is 4.74 Å². The van der Waals surface area contributed by atoms with E-state index in [9.17, 15) is 4.79 Å². The predicted octanol–water partition coefficient (Wildman–Crippen LogP) is 3.40. The fraction of sp³-hybridized carbons (Fsp3) is 0.357. The summed E-state index contributed by atoms with van der Waals surface area (Å²) in [6, 6.07) is 5.59. The molecule has 0 radical (unpaired) electrons. The van der Waals surface area contributed by atoms with Crippen molar-refractivity contribution < 1.29 is 9.53 Å². The highest BCUT2D eigenvalue weighted by Crippen LogP contribution is 2.20. The van der Waals surface area contributed by atoms with E-state index in [-0.39, 0.29) is 11.7 Å². The van der Waals surface area contributed by atoms with Crippen molar-refractivity contribution in [1.82, 2.24) is 0 Å². The van der Waals surface area contributed by atoms with Gasteiger partial charge in [0.05, 0.1) is 0 Å². The van der Waals surface area contributed by atoms with Gasteiger partial charge in [-0.2, -0.15) is 0 Å². The summed E-state index contributed by atoms with van der Waals surface area (Å²) in [6.07, 6.45) is 1.68. The Morgan fingerprint density at radius 3 is 2.75 bits per heavy atom. The zero-order chi connectivity index (χ0) is 12.1. The third kappa shape index (κ3) is 2.96. The van der Waals surface area contributed by atoms with Gasteiger partial charge in [-0.3, -0.25) is 4.79 Å². The van der Waals surface area contributed by atoms with Crippen LogP contribution in [0.5, 0.6) is 5.75 Å². The fourth-order valence-corrected chi connectivity index (χ4v) is 1.42. The van der Waals surface area contributed by atoms with Crippen LogP contribution >= 0.6 is 0 Å². The van der Waals surface area contributed by atoms with Crippen molar-refractivity contribution in [2.45, 2.75) is 20.8 Å². The van der Waals surface area contributed by atoms with E-state index < -0.39 is 0 Å². The minimum atomic E-state index is 0.00774. The molecule has 0 spiro atoms. The summed E-state index contributed by atoms with van der Waals surface area (Å²) in [6.45, 7) is 9.78. The molecule has 0 aliphatic heterocycles. The van der Waals surface area contributed by atoms with Crippen LogP contribution in [-0.2, 0) is 0 Å². The van der Waals surface area contributed by atoms with Crippen molar-refractivity contribution >= 4 is 5.78 Å². The quantitative estimate of drug-likeness (QED) is 0.559. The summed E-state index contributed by atoms with van der Waals surface area (Å²) in [7, 11) is 0. The molecule has 0 saturated carbocycles. The maximum absolute atomic E-state index is 11.9. The Kier molecular flexibility index (Phi) is 4.29. The molecule has 0 saturated heterocycles. The van der Waals surface area contributed by atoms with Gasteiger partial charge in [-0.15, -0.1) is 0 Å². The molecular formula is C14H18O2. The minimum absolute atomic E-state index is 0.00774. The van der Waals surface area contributed by atoms with Gasteiger partial charge in [0.25, 0.3) is 0 Å². The first-order chi connectivity index (χ1) is 7.56. The van der Waals surface area contributed by atoms with Gasteiger partial charge in [-0.25, -0.2) is 0 Å². The monoisotopic (exact) mass is 218 g/mol. The largest absolute Gasteiger partial charge is 0.490 e. The van der Waals surface area contributed by atoms with E-state index in [1.54, 1.807) is 12.1 Å². The molecule has 0 aliphatic rings. The highest BCUT2D eigenvalue weighted by atomic mass is 16.5. The number of benzene rings is 1. The molecule has 0 aliphatic carbocycles. The molecule has 0 bridgehead atoms. The van der Waals surface area contributed by atoms with Crippen LogP contribution in [-0.4, -0.2) is 12.4 Å². The van der Waals surface area contributed by atoms with E-state index in [2.05, 4.69) is 6.58 Å². The molecule has 1 aromatic carbocycles. The highest BCUT2D eigenvalue weighted by Gasteiger charge is 2.13. The lowest BCUT2D eigenvalue weighted by Gasteiger charge is -2.10. The number of carbonyl (C=O) groups excluding carboxylic acids is 1. The van der Waals surface area contributed by atoms with Crippen molar-refractivity contribution in [2.24, 2.45) is 5.92 Å². The average molecular weight is 218 g/mol. The molecule has 0 atom stereocenters. The molecule has 1 rings (SSSR count). The first-order valence-corrected chi connectivity index (χ1v) is 5.44. The molecule has 16 heavy (non-hydrogen) atoms. The molecule has 0 N–H and O–H groups in total. The summed E-state index contributed by atoms with van der Waals surface area (Å²) >= 11 is 0. The van der Waals surface area contributed by atoms with Crippen LogP contribution in [0.4, 0.5) is 0 Å². The number of hydrogen-bond acceptors (Lipinski definition) is 2. The summed E-state index contributed by atoms with van der Waals surface area (Å²) in [4.78, 5) is 11.9. The highest BCUT2D eigenvalue weighted by molar-refractivity contribution is 5.99. The molecule has 0 unspecified atom stereocenters. The molecule has 0 aromatic heterocycles. The lowest BCUT2D eigenvalue weighted by Crippen LogP contribution is -2.09. The second kappa shape index (κ2) is 5.50. The van der Waals surface area contributed by atoms with Gasteiger partial charge in [-0.05, 0) is 24.6 Å². The van der Waals surface area contributed by atoms with Gasteiger partial charge in [0.1, 0.15) is 12.4 Å².